The lowest BCUT2D eigenvalue weighted by Crippen LogP contribution is -2.37. The van der Waals surface area contributed by atoms with Gasteiger partial charge < -0.3 is 9.80 Å². The summed E-state index contributed by atoms with van der Waals surface area (Å²) in [5.74, 6) is 0.749. The van der Waals surface area contributed by atoms with Crippen LogP contribution < -0.4 is 4.90 Å². The molecule has 0 aromatic carbocycles. The second-order valence-corrected chi connectivity index (χ2v) is 5.40. The van der Waals surface area contributed by atoms with Gasteiger partial charge in [0.2, 0.25) is 5.91 Å². The predicted octanol–water partition coefficient (Wildman–Crippen LogP) is 1.95. The molecule has 98 valence electrons. The molecule has 0 spiro atoms. The second-order valence-electron chi connectivity index (χ2n) is 4.25. The third kappa shape index (κ3) is 2.92. The average molecular weight is 334 g/mol. The fraction of sp³-hybridized carbons (Fsp3) is 0.545. The van der Waals surface area contributed by atoms with Crippen molar-refractivity contribution in [2.45, 2.75) is 12.8 Å². The van der Waals surface area contributed by atoms with Crippen LogP contribution in [0.5, 0.6) is 0 Å². The van der Waals surface area contributed by atoms with Gasteiger partial charge in [-0.25, -0.2) is 9.97 Å². The summed E-state index contributed by atoms with van der Waals surface area (Å²) in [4.78, 5) is 23.7. The lowest BCUT2D eigenvalue weighted by atomic mass is 10.4. The highest BCUT2D eigenvalue weighted by atomic mass is 79.9. The molecule has 1 aliphatic rings. The van der Waals surface area contributed by atoms with E-state index >= 15 is 0 Å². The SMILES string of the molecule is CN(CC(=O)N1CCCC1)c1ncnc(Cl)c1Br. The van der Waals surface area contributed by atoms with Gasteiger partial charge in [-0.2, -0.15) is 0 Å². The highest BCUT2D eigenvalue weighted by molar-refractivity contribution is 9.10. The van der Waals surface area contributed by atoms with E-state index in [4.69, 9.17) is 11.6 Å². The third-order valence-corrected chi connectivity index (χ3v) is 4.17. The summed E-state index contributed by atoms with van der Waals surface area (Å²) in [5, 5.41) is 0.348. The Bertz CT molecular complexity index is 451. The van der Waals surface area contributed by atoms with Crippen molar-refractivity contribution in [3.8, 4) is 0 Å². The van der Waals surface area contributed by atoms with Gasteiger partial charge in [0.1, 0.15) is 17.3 Å². The van der Waals surface area contributed by atoms with E-state index < -0.39 is 0 Å². The third-order valence-electron chi connectivity index (χ3n) is 2.92. The maximum atomic E-state index is 12.0. The lowest BCUT2D eigenvalue weighted by Gasteiger charge is -2.22. The van der Waals surface area contributed by atoms with Crippen molar-refractivity contribution in [1.82, 2.24) is 14.9 Å². The van der Waals surface area contributed by atoms with Crippen LogP contribution in [0.1, 0.15) is 12.8 Å². The first-order chi connectivity index (χ1) is 8.59. The molecule has 0 bridgehead atoms. The largest absolute Gasteiger partial charge is 0.349 e. The molecule has 0 saturated carbocycles. The molecule has 1 fully saturated rings. The molecule has 0 N–H and O–H groups in total. The summed E-state index contributed by atoms with van der Waals surface area (Å²) in [6.07, 6.45) is 3.58. The number of halogens is 2. The Kier molecular flexibility index (Phi) is 4.40. The van der Waals surface area contributed by atoms with Gasteiger partial charge in [-0.05, 0) is 28.8 Å². The molecule has 18 heavy (non-hydrogen) atoms. The minimum Gasteiger partial charge on any atom is -0.349 e. The molecule has 7 heteroatoms. The van der Waals surface area contributed by atoms with Crippen molar-refractivity contribution in [2.75, 3.05) is 31.6 Å². The molecular formula is C11H14BrClN4O. The van der Waals surface area contributed by atoms with Crippen LogP contribution in [0.2, 0.25) is 5.15 Å². The normalized spacial score (nSPS) is 14.9. The van der Waals surface area contributed by atoms with Crippen LogP contribution in [-0.4, -0.2) is 47.5 Å². The average Bonchev–Trinajstić information content (AvgIpc) is 2.86. The maximum Gasteiger partial charge on any atom is 0.242 e. The number of aromatic nitrogens is 2. The molecule has 0 radical (unpaired) electrons. The molecule has 2 rings (SSSR count). The van der Waals surface area contributed by atoms with Crippen LogP contribution in [0.4, 0.5) is 5.82 Å². The van der Waals surface area contributed by atoms with Gasteiger partial charge in [-0.3, -0.25) is 4.79 Å². The number of nitrogens with zero attached hydrogens (tertiary/aromatic N) is 4. The fourth-order valence-electron chi connectivity index (χ4n) is 1.95. The molecule has 5 nitrogen and oxygen atoms in total. The van der Waals surface area contributed by atoms with Crippen molar-refractivity contribution in [1.29, 1.82) is 0 Å². The topological polar surface area (TPSA) is 49.3 Å². The minimum absolute atomic E-state index is 0.122. The zero-order valence-corrected chi connectivity index (χ0v) is 12.4. The van der Waals surface area contributed by atoms with E-state index in [-0.39, 0.29) is 5.91 Å². The first-order valence-corrected chi connectivity index (χ1v) is 6.91. The van der Waals surface area contributed by atoms with E-state index in [0.29, 0.717) is 22.0 Å². The van der Waals surface area contributed by atoms with Gasteiger partial charge >= 0.3 is 0 Å². The van der Waals surface area contributed by atoms with Crippen LogP contribution in [0.3, 0.4) is 0 Å². The number of rotatable bonds is 3. The molecular weight excluding hydrogens is 320 g/mol. The number of carbonyl (C=O) groups excluding carboxylic acids is 1. The number of likely N-dealkylation sites (N-methyl/N-ethyl adjacent to an activating group) is 1. The van der Waals surface area contributed by atoms with Gasteiger partial charge in [0.25, 0.3) is 0 Å². The fourth-order valence-corrected chi connectivity index (χ4v) is 2.59. The molecule has 1 saturated heterocycles. The van der Waals surface area contributed by atoms with E-state index in [1.807, 2.05) is 11.9 Å². The zero-order chi connectivity index (χ0) is 13.1. The quantitative estimate of drug-likeness (QED) is 0.793. The highest BCUT2D eigenvalue weighted by Gasteiger charge is 2.21. The van der Waals surface area contributed by atoms with E-state index in [0.717, 1.165) is 25.9 Å². The molecule has 2 heterocycles. The van der Waals surface area contributed by atoms with Crippen LogP contribution in [-0.2, 0) is 4.79 Å². The van der Waals surface area contributed by atoms with Crippen LogP contribution >= 0.6 is 27.5 Å². The maximum absolute atomic E-state index is 12.0. The van der Waals surface area contributed by atoms with Gasteiger partial charge in [0, 0.05) is 20.1 Å². The summed E-state index contributed by atoms with van der Waals surface area (Å²) < 4.78 is 0.614. The van der Waals surface area contributed by atoms with Gasteiger partial charge in [0.15, 0.2) is 0 Å². The van der Waals surface area contributed by atoms with Crippen molar-refractivity contribution >= 4 is 39.3 Å². The molecule has 0 unspecified atom stereocenters. The summed E-state index contributed by atoms with van der Waals surface area (Å²) in [6, 6.07) is 0. The Hall–Kier alpha value is -0.880. The smallest absolute Gasteiger partial charge is 0.242 e. The first-order valence-electron chi connectivity index (χ1n) is 5.74. The number of carbonyl (C=O) groups is 1. The first kappa shape index (κ1) is 13.5. The van der Waals surface area contributed by atoms with E-state index in [1.165, 1.54) is 6.33 Å². The summed E-state index contributed by atoms with van der Waals surface area (Å²) >= 11 is 9.23. The summed E-state index contributed by atoms with van der Waals surface area (Å²) in [6.45, 7) is 2.02. The van der Waals surface area contributed by atoms with Crippen molar-refractivity contribution in [3.63, 3.8) is 0 Å². The van der Waals surface area contributed by atoms with Gasteiger partial charge in [0.05, 0.1) is 11.0 Å². The number of amides is 1. The second kappa shape index (κ2) is 5.84. The van der Waals surface area contributed by atoms with E-state index in [2.05, 4.69) is 25.9 Å². The monoisotopic (exact) mass is 332 g/mol. The van der Waals surface area contributed by atoms with Crippen molar-refractivity contribution in [2.24, 2.45) is 0 Å². The zero-order valence-electron chi connectivity index (χ0n) is 10.1. The van der Waals surface area contributed by atoms with Crippen LogP contribution in [0, 0.1) is 0 Å². The number of hydrogen-bond acceptors (Lipinski definition) is 4. The van der Waals surface area contributed by atoms with Crippen molar-refractivity contribution < 1.29 is 4.79 Å². The summed E-state index contributed by atoms with van der Waals surface area (Å²) in [7, 11) is 1.82. The molecule has 1 aromatic rings. The molecule has 1 amide bonds. The number of hydrogen-bond donors (Lipinski definition) is 0. The van der Waals surface area contributed by atoms with E-state index in [1.54, 1.807) is 4.90 Å². The van der Waals surface area contributed by atoms with E-state index in [9.17, 15) is 4.79 Å². The van der Waals surface area contributed by atoms with Gasteiger partial charge in [-0.15, -0.1) is 0 Å². The molecule has 0 atom stereocenters. The summed E-state index contributed by atoms with van der Waals surface area (Å²) in [5.41, 5.74) is 0. The predicted molar refractivity (Wildman–Crippen MR) is 73.8 cm³/mol. The molecule has 0 aliphatic carbocycles. The number of anilines is 1. The van der Waals surface area contributed by atoms with Gasteiger partial charge in [-0.1, -0.05) is 11.6 Å². The Morgan fingerprint density at radius 2 is 2.17 bits per heavy atom. The van der Waals surface area contributed by atoms with Crippen LogP contribution in [0.15, 0.2) is 10.8 Å². The minimum atomic E-state index is 0.122. The Labute approximate surface area is 119 Å². The molecule has 1 aromatic heterocycles. The Morgan fingerprint density at radius 3 is 2.83 bits per heavy atom. The van der Waals surface area contributed by atoms with Crippen molar-refractivity contribution in [3.05, 3.63) is 16.0 Å². The van der Waals surface area contributed by atoms with Crippen LogP contribution in [0.25, 0.3) is 0 Å². The Balaban J connectivity index is 2.04. The number of likely N-dealkylation sites (tertiary alicyclic amines) is 1. The Morgan fingerprint density at radius 1 is 1.50 bits per heavy atom. The standard InChI is InChI=1S/C11H14BrClN4O/c1-16(6-8(18)17-4-2-3-5-17)11-9(12)10(13)14-7-15-11/h7H,2-6H2,1H3. The molecule has 1 aliphatic heterocycles. The highest BCUT2D eigenvalue weighted by Crippen LogP contribution is 2.28. The lowest BCUT2D eigenvalue weighted by molar-refractivity contribution is -0.128.